The zero-order valence-electron chi connectivity index (χ0n) is 13.4. The van der Waals surface area contributed by atoms with E-state index in [1.807, 2.05) is 29.9 Å². The molecular formula is C16H15N5OS3. The van der Waals surface area contributed by atoms with Crippen LogP contribution in [0.4, 0.5) is 0 Å². The molecule has 3 aromatic heterocycles. The van der Waals surface area contributed by atoms with Crippen molar-refractivity contribution in [2.45, 2.75) is 17.6 Å². The summed E-state index contributed by atoms with van der Waals surface area (Å²) in [5.41, 5.74) is 0.977. The third-order valence-corrected chi connectivity index (χ3v) is 6.75. The number of thioether (sulfide) groups is 1. The van der Waals surface area contributed by atoms with Gasteiger partial charge in [0.2, 0.25) is 0 Å². The monoisotopic (exact) mass is 389 g/mol. The van der Waals surface area contributed by atoms with Crippen molar-refractivity contribution >= 4 is 46.1 Å². The Labute approximate surface area is 157 Å². The third kappa shape index (κ3) is 3.39. The maximum Gasteiger partial charge on any atom is 0.253 e. The van der Waals surface area contributed by atoms with Crippen molar-refractivity contribution in [1.29, 1.82) is 0 Å². The van der Waals surface area contributed by atoms with Gasteiger partial charge in [0.1, 0.15) is 6.33 Å². The van der Waals surface area contributed by atoms with Crippen molar-refractivity contribution in [3.8, 4) is 0 Å². The van der Waals surface area contributed by atoms with Gasteiger partial charge in [-0.1, -0.05) is 23.9 Å². The number of aryl methyl sites for hydroxylation is 1. The topological polar surface area (TPSA) is 63.4 Å². The predicted molar refractivity (Wildman–Crippen MR) is 101 cm³/mol. The van der Waals surface area contributed by atoms with Crippen LogP contribution in [0, 0.1) is 0 Å². The number of hydrogen-bond acceptors (Lipinski definition) is 7. The minimum atomic E-state index is -0.0234. The van der Waals surface area contributed by atoms with E-state index in [-0.39, 0.29) is 17.7 Å². The number of carbonyl (C=O) groups is 1. The van der Waals surface area contributed by atoms with E-state index in [1.165, 1.54) is 11.8 Å². The average molecular weight is 390 g/mol. The van der Waals surface area contributed by atoms with E-state index in [4.69, 9.17) is 0 Å². The summed E-state index contributed by atoms with van der Waals surface area (Å²) < 4.78 is 1.80. The Kier molecular flexibility index (Phi) is 4.69. The molecule has 3 aromatic rings. The average Bonchev–Trinajstić information content (AvgIpc) is 3.38. The Morgan fingerprint density at radius 1 is 1.32 bits per heavy atom. The lowest BCUT2D eigenvalue weighted by Gasteiger charge is -2.20. The molecule has 0 bridgehead atoms. The van der Waals surface area contributed by atoms with Crippen molar-refractivity contribution in [3.63, 3.8) is 0 Å². The molecule has 1 amide bonds. The highest BCUT2D eigenvalue weighted by Gasteiger charge is 2.34. The molecule has 0 radical (unpaired) electrons. The van der Waals surface area contributed by atoms with Crippen LogP contribution in [0.3, 0.4) is 0 Å². The van der Waals surface area contributed by atoms with E-state index < -0.39 is 0 Å². The first-order chi connectivity index (χ1) is 12.2. The van der Waals surface area contributed by atoms with Gasteiger partial charge in [-0.05, 0) is 22.9 Å². The Morgan fingerprint density at radius 2 is 2.16 bits per heavy atom. The van der Waals surface area contributed by atoms with Gasteiger partial charge >= 0.3 is 0 Å². The first kappa shape index (κ1) is 16.5. The summed E-state index contributed by atoms with van der Waals surface area (Å²) in [6.07, 6.45) is 2.38. The third-order valence-electron chi connectivity index (χ3n) is 3.84. The molecule has 128 valence electrons. The Morgan fingerprint density at radius 3 is 2.84 bits per heavy atom. The highest BCUT2D eigenvalue weighted by molar-refractivity contribution is 7.99. The molecule has 25 heavy (non-hydrogen) atoms. The van der Waals surface area contributed by atoms with Gasteiger partial charge in [0.25, 0.3) is 5.91 Å². The largest absolute Gasteiger partial charge is 0.312 e. The van der Waals surface area contributed by atoms with Crippen LogP contribution < -0.4 is 0 Å². The maximum atomic E-state index is 12.8. The zero-order valence-corrected chi connectivity index (χ0v) is 15.9. The van der Waals surface area contributed by atoms with Crippen LogP contribution in [0.25, 0.3) is 0 Å². The second kappa shape index (κ2) is 7.11. The quantitative estimate of drug-likeness (QED) is 0.628. The summed E-state index contributed by atoms with van der Waals surface area (Å²) in [7, 11) is 1.87. The molecule has 0 saturated carbocycles. The first-order valence-electron chi connectivity index (χ1n) is 7.66. The van der Waals surface area contributed by atoms with Gasteiger partial charge in [-0.15, -0.1) is 32.9 Å². The summed E-state index contributed by atoms with van der Waals surface area (Å²) in [6, 6.07) is 8.12. The number of nitrogens with zero attached hydrogens (tertiary/aromatic N) is 5. The standard InChI is InChI=1S/C16H15N5OS3/c1-20-10-17-18-16(20)25-9-15(22)21-12(14-5-3-7-24-14)8-11(19-21)13-4-2-6-23-13/h2-7,10,12H,8-9H2,1H3/t12-/m1/s1. The van der Waals surface area contributed by atoms with Crippen molar-refractivity contribution in [2.24, 2.45) is 12.1 Å². The minimum Gasteiger partial charge on any atom is -0.312 e. The molecule has 0 spiro atoms. The van der Waals surface area contributed by atoms with Crippen LogP contribution in [0.2, 0.25) is 0 Å². The molecule has 0 aliphatic carbocycles. The van der Waals surface area contributed by atoms with Crippen LogP contribution in [0.1, 0.15) is 22.2 Å². The Bertz CT molecular complexity index is 885. The Balaban J connectivity index is 1.55. The molecule has 0 aromatic carbocycles. The summed E-state index contributed by atoms with van der Waals surface area (Å²) in [5.74, 6) is 0.272. The second-order valence-corrected chi connectivity index (χ2v) is 8.38. The fourth-order valence-electron chi connectivity index (χ4n) is 2.63. The molecule has 0 fully saturated rings. The van der Waals surface area contributed by atoms with E-state index in [9.17, 15) is 4.79 Å². The zero-order chi connectivity index (χ0) is 17.2. The fraction of sp³-hybridized carbons (Fsp3) is 0.250. The number of hydrazone groups is 1. The number of hydrogen-bond donors (Lipinski definition) is 0. The normalized spacial score (nSPS) is 17.1. The van der Waals surface area contributed by atoms with Crippen LogP contribution in [-0.4, -0.2) is 37.1 Å². The number of thiophene rings is 2. The van der Waals surface area contributed by atoms with Crippen molar-refractivity contribution in [2.75, 3.05) is 5.75 Å². The van der Waals surface area contributed by atoms with Crippen molar-refractivity contribution in [3.05, 3.63) is 51.1 Å². The molecule has 4 heterocycles. The van der Waals surface area contributed by atoms with Gasteiger partial charge in [-0.25, -0.2) is 5.01 Å². The number of amides is 1. The van der Waals surface area contributed by atoms with E-state index in [1.54, 1.807) is 38.6 Å². The van der Waals surface area contributed by atoms with Crippen LogP contribution >= 0.6 is 34.4 Å². The molecule has 0 N–H and O–H groups in total. The molecule has 0 saturated heterocycles. The molecule has 4 rings (SSSR count). The van der Waals surface area contributed by atoms with Crippen LogP contribution in [-0.2, 0) is 11.8 Å². The molecule has 1 aliphatic rings. The van der Waals surface area contributed by atoms with Crippen LogP contribution in [0.15, 0.2) is 51.6 Å². The summed E-state index contributed by atoms with van der Waals surface area (Å²) in [5, 5.41) is 18.9. The van der Waals surface area contributed by atoms with E-state index in [0.29, 0.717) is 0 Å². The summed E-state index contributed by atoms with van der Waals surface area (Å²) in [6.45, 7) is 0. The molecule has 0 unspecified atom stereocenters. The lowest BCUT2D eigenvalue weighted by atomic mass is 10.1. The van der Waals surface area contributed by atoms with E-state index in [0.717, 1.165) is 27.0 Å². The van der Waals surface area contributed by atoms with Gasteiger partial charge in [-0.2, -0.15) is 5.10 Å². The van der Waals surface area contributed by atoms with E-state index in [2.05, 4.69) is 27.4 Å². The fourth-order valence-corrected chi connectivity index (χ4v) is 4.90. The molecule has 1 aliphatic heterocycles. The second-order valence-electron chi connectivity index (χ2n) is 5.51. The molecule has 9 heteroatoms. The van der Waals surface area contributed by atoms with Gasteiger partial charge in [0.05, 0.1) is 22.4 Å². The van der Waals surface area contributed by atoms with Crippen molar-refractivity contribution < 1.29 is 4.79 Å². The van der Waals surface area contributed by atoms with Gasteiger partial charge in [-0.3, -0.25) is 4.79 Å². The lowest BCUT2D eigenvalue weighted by Crippen LogP contribution is -2.28. The molecule has 6 nitrogen and oxygen atoms in total. The maximum absolute atomic E-state index is 12.8. The van der Waals surface area contributed by atoms with Crippen molar-refractivity contribution in [1.82, 2.24) is 19.8 Å². The van der Waals surface area contributed by atoms with Gasteiger partial charge in [0, 0.05) is 18.3 Å². The number of rotatable bonds is 5. The smallest absolute Gasteiger partial charge is 0.253 e. The highest BCUT2D eigenvalue weighted by Crippen LogP contribution is 2.36. The Hall–Kier alpha value is -1.97. The van der Waals surface area contributed by atoms with Gasteiger partial charge in [0.15, 0.2) is 5.16 Å². The highest BCUT2D eigenvalue weighted by atomic mass is 32.2. The minimum absolute atomic E-state index is 0.0158. The number of carbonyl (C=O) groups excluding carboxylic acids is 1. The lowest BCUT2D eigenvalue weighted by molar-refractivity contribution is -0.130. The van der Waals surface area contributed by atoms with Gasteiger partial charge < -0.3 is 4.57 Å². The molecular weight excluding hydrogens is 374 g/mol. The summed E-state index contributed by atoms with van der Waals surface area (Å²) >= 11 is 4.70. The summed E-state index contributed by atoms with van der Waals surface area (Å²) in [4.78, 5) is 15.1. The molecule has 1 atom stereocenters. The first-order valence-corrected chi connectivity index (χ1v) is 10.4. The number of aromatic nitrogens is 3. The van der Waals surface area contributed by atoms with E-state index >= 15 is 0 Å². The SMILES string of the molecule is Cn1cnnc1SCC(=O)N1N=C(c2cccs2)C[C@@H]1c1cccs1. The predicted octanol–water partition coefficient (Wildman–Crippen LogP) is 3.41. The van der Waals surface area contributed by atoms with Crippen LogP contribution in [0.5, 0.6) is 0 Å².